The molecular formula is C12H10Cl2N2O2S. The molecule has 1 aromatic heterocycles. The van der Waals surface area contributed by atoms with Gasteiger partial charge in [0, 0.05) is 6.20 Å². The Morgan fingerprint density at radius 3 is 2.63 bits per heavy atom. The molecule has 4 nitrogen and oxygen atoms in total. The van der Waals surface area contributed by atoms with Gasteiger partial charge in [-0.3, -0.25) is 9.36 Å². The third-order valence-corrected chi connectivity index (χ3v) is 3.84. The van der Waals surface area contributed by atoms with Crippen molar-refractivity contribution < 1.29 is 9.90 Å². The quantitative estimate of drug-likeness (QED) is 0.874. The van der Waals surface area contributed by atoms with Gasteiger partial charge in [0.1, 0.15) is 0 Å². The molecule has 0 aliphatic carbocycles. The Balaban J connectivity index is 2.47. The summed E-state index contributed by atoms with van der Waals surface area (Å²) in [7, 11) is 0. The van der Waals surface area contributed by atoms with Gasteiger partial charge < -0.3 is 5.11 Å². The van der Waals surface area contributed by atoms with Crippen LogP contribution in [0.2, 0.25) is 10.0 Å². The molecule has 0 aliphatic heterocycles. The minimum Gasteiger partial charge on any atom is -0.481 e. The number of aliphatic carboxylic acids is 1. The van der Waals surface area contributed by atoms with Crippen LogP contribution in [0.5, 0.6) is 0 Å². The maximum absolute atomic E-state index is 10.7. The van der Waals surface area contributed by atoms with Gasteiger partial charge in [-0.1, -0.05) is 41.0 Å². The van der Waals surface area contributed by atoms with Gasteiger partial charge in [0.05, 0.1) is 27.2 Å². The molecule has 100 valence electrons. The second kappa shape index (κ2) is 5.86. The average Bonchev–Trinajstić information content (AvgIpc) is 2.67. The van der Waals surface area contributed by atoms with Crippen LogP contribution in [-0.2, 0) is 4.79 Å². The summed E-state index contributed by atoms with van der Waals surface area (Å²) < 4.78 is 1.72. The smallest absolute Gasteiger partial charge is 0.313 e. The number of halogens is 2. The highest BCUT2D eigenvalue weighted by Gasteiger charge is 2.15. The van der Waals surface area contributed by atoms with E-state index in [0.717, 1.165) is 17.5 Å². The number of hydrogen-bond acceptors (Lipinski definition) is 3. The number of para-hydroxylation sites is 1. The van der Waals surface area contributed by atoms with Gasteiger partial charge in [-0.15, -0.1) is 0 Å². The molecule has 0 fully saturated rings. The van der Waals surface area contributed by atoms with E-state index in [-0.39, 0.29) is 5.75 Å². The Kier molecular flexibility index (Phi) is 4.39. The number of carboxylic acids is 1. The zero-order valence-corrected chi connectivity index (χ0v) is 12.3. The van der Waals surface area contributed by atoms with E-state index in [0.29, 0.717) is 20.9 Å². The number of carbonyl (C=O) groups is 1. The van der Waals surface area contributed by atoms with Crippen molar-refractivity contribution in [1.29, 1.82) is 0 Å². The monoisotopic (exact) mass is 316 g/mol. The van der Waals surface area contributed by atoms with Crippen LogP contribution in [0.25, 0.3) is 5.69 Å². The lowest BCUT2D eigenvalue weighted by Crippen LogP contribution is -2.02. The number of benzene rings is 1. The van der Waals surface area contributed by atoms with E-state index < -0.39 is 5.97 Å². The van der Waals surface area contributed by atoms with Crippen molar-refractivity contribution >= 4 is 40.9 Å². The second-order valence-corrected chi connectivity index (χ2v) is 5.54. The van der Waals surface area contributed by atoms with E-state index in [1.807, 2.05) is 6.92 Å². The van der Waals surface area contributed by atoms with Gasteiger partial charge in [0.15, 0.2) is 5.16 Å². The maximum atomic E-state index is 10.7. The van der Waals surface area contributed by atoms with E-state index >= 15 is 0 Å². The minimum atomic E-state index is -0.901. The first-order valence-electron chi connectivity index (χ1n) is 5.34. The summed E-state index contributed by atoms with van der Waals surface area (Å²) >= 11 is 13.4. The predicted molar refractivity (Wildman–Crippen MR) is 76.7 cm³/mol. The number of rotatable bonds is 4. The van der Waals surface area contributed by atoms with Gasteiger partial charge in [0.2, 0.25) is 0 Å². The Morgan fingerprint density at radius 2 is 2.05 bits per heavy atom. The molecule has 0 saturated heterocycles. The van der Waals surface area contributed by atoms with Gasteiger partial charge in [0.25, 0.3) is 0 Å². The van der Waals surface area contributed by atoms with Crippen LogP contribution >= 0.6 is 35.0 Å². The molecule has 19 heavy (non-hydrogen) atoms. The fourth-order valence-corrected chi connectivity index (χ4v) is 2.91. The van der Waals surface area contributed by atoms with Crippen LogP contribution in [0.15, 0.2) is 29.6 Å². The summed E-state index contributed by atoms with van der Waals surface area (Å²) in [6, 6.07) is 5.20. The number of hydrogen-bond donors (Lipinski definition) is 1. The lowest BCUT2D eigenvalue weighted by Gasteiger charge is -2.10. The average molecular weight is 317 g/mol. The maximum Gasteiger partial charge on any atom is 0.313 e. The van der Waals surface area contributed by atoms with E-state index in [9.17, 15) is 4.79 Å². The lowest BCUT2D eigenvalue weighted by molar-refractivity contribution is -0.133. The summed E-state index contributed by atoms with van der Waals surface area (Å²) in [6.45, 7) is 1.83. The molecule has 0 saturated carbocycles. The van der Waals surface area contributed by atoms with Crippen molar-refractivity contribution in [3.63, 3.8) is 0 Å². The zero-order valence-electron chi connectivity index (χ0n) is 9.93. The van der Waals surface area contributed by atoms with E-state index in [4.69, 9.17) is 28.3 Å². The fraction of sp³-hybridized carbons (Fsp3) is 0.167. The highest BCUT2D eigenvalue weighted by molar-refractivity contribution is 7.99. The van der Waals surface area contributed by atoms with Crippen LogP contribution in [0.4, 0.5) is 0 Å². The summed E-state index contributed by atoms with van der Waals surface area (Å²) in [5.74, 6) is -0.971. The Labute approximate surface area is 124 Å². The van der Waals surface area contributed by atoms with Crippen LogP contribution < -0.4 is 0 Å². The van der Waals surface area contributed by atoms with Crippen molar-refractivity contribution in [2.75, 3.05) is 5.75 Å². The van der Waals surface area contributed by atoms with Gasteiger partial charge in [-0.25, -0.2) is 4.98 Å². The molecule has 1 aromatic carbocycles. The molecule has 2 aromatic rings. The van der Waals surface area contributed by atoms with Crippen molar-refractivity contribution in [3.05, 3.63) is 40.1 Å². The Bertz CT molecular complexity index is 608. The lowest BCUT2D eigenvalue weighted by atomic mass is 10.3. The van der Waals surface area contributed by atoms with E-state index in [1.54, 1.807) is 29.0 Å². The number of thioether (sulfide) groups is 1. The van der Waals surface area contributed by atoms with Crippen LogP contribution in [0.3, 0.4) is 0 Å². The first-order chi connectivity index (χ1) is 8.99. The summed E-state index contributed by atoms with van der Waals surface area (Å²) in [6.07, 6.45) is 1.78. The normalized spacial score (nSPS) is 10.7. The Hall–Kier alpha value is -1.17. The highest BCUT2D eigenvalue weighted by atomic mass is 35.5. The van der Waals surface area contributed by atoms with Crippen LogP contribution in [0.1, 0.15) is 5.69 Å². The number of imidazole rings is 1. The molecule has 0 aliphatic rings. The molecule has 1 N–H and O–H groups in total. The predicted octanol–water partition coefficient (Wildman–Crippen LogP) is 3.66. The first kappa shape index (κ1) is 14.2. The molecule has 0 atom stereocenters. The van der Waals surface area contributed by atoms with Crippen molar-refractivity contribution in [2.24, 2.45) is 0 Å². The molecule has 0 spiro atoms. The van der Waals surface area contributed by atoms with Crippen LogP contribution in [0, 0.1) is 6.92 Å². The first-order valence-corrected chi connectivity index (χ1v) is 7.08. The van der Waals surface area contributed by atoms with Crippen molar-refractivity contribution in [1.82, 2.24) is 9.55 Å². The molecule has 0 radical (unpaired) electrons. The summed E-state index contributed by atoms with van der Waals surface area (Å²) in [4.78, 5) is 14.9. The standard InChI is InChI=1S/C12H10Cl2N2O2S/c1-7-5-16(12(15-7)19-6-10(17)18)11-8(13)3-2-4-9(11)14/h2-5H,6H2,1H3,(H,17,18). The number of carboxylic acid groups (broad SMARTS) is 1. The van der Waals surface area contributed by atoms with Crippen molar-refractivity contribution in [2.45, 2.75) is 12.1 Å². The SMILES string of the molecule is Cc1cn(-c2c(Cl)cccc2Cl)c(SCC(=O)O)n1. The van der Waals surface area contributed by atoms with Crippen LogP contribution in [-0.4, -0.2) is 26.4 Å². The zero-order chi connectivity index (χ0) is 14.0. The largest absolute Gasteiger partial charge is 0.481 e. The van der Waals surface area contributed by atoms with Gasteiger partial charge in [-0.2, -0.15) is 0 Å². The van der Waals surface area contributed by atoms with Gasteiger partial charge >= 0.3 is 5.97 Å². The van der Waals surface area contributed by atoms with E-state index in [2.05, 4.69) is 4.98 Å². The molecule has 7 heteroatoms. The molecule has 0 amide bonds. The Morgan fingerprint density at radius 1 is 1.42 bits per heavy atom. The molecule has 2 rings (SSSR count). The number of aryl methyl sites for hydroxylation is 1. The summed E-state index contributed by atoms with van der Waals surface area (Å²) in [5.41, 5.74) is 1.38. The topological polar surface area (TPSA) is 55.1 Å². The fourth-order valence-electron chi connectivity index (χ4n) is 1.58. The summed E-state index contributed by atoms with van der Waals surface area (Å²) in [5, 5.41) is 10.3. The molecule has 0 unspecified atom stereocenters. The van der Waals surface area contributed by atoms with Crippen molar-refractivity contribution in [3.8, 4) is 5.69 Å². The molecule has 0 bridgehead atoms. The number of aromatic nitrogens is 2. The second-order valence-electron chi connectivity index (χ2n) is 3.79. The molecule has 1 heterocycles. The minimum absolute atomic E-state index is 0.0709. The number of nitrogens with zero attached hydrogens (tertiary/aromatic N) is 2. The highest BCUT2D eigenvalue weighted by Crippen LogP contribution is 2.32. The molecular weight excluding hydrogens is 307 g/mol. The van der Waals surface area contributed by atoms with E-state index in [1.165, 1.54) is 0 Å². The third kappa shape index (κ3) is 3.23. The van der Waals surface area contributed by atoms with Gasteiger partial charge in [-0.05, 0) is 19.1 Å². The third-order valence-electron chi connectivity index (χ3n) is 2.30.